The zero-order chi connectivity index (χ0) is 13.1. The smallest absolute Gasteiger partial charge is 0.195 e. The van der Waals surface area contributed by atoms with Crippen LogP contribution in [0.2, 0.25) is 5.02 Å². The van der Waals surface area contributed by atoms with Gasteiger partial charge in [-0.15, -0.1) is 0 Å². The molecule has 0 fully saturated rings. The van der Waals surface area contributed by atoms with Gasteiger partial charge in [-0.1, -0.05) is 23.7 Å². The van der Waals surface area contributed by atoms with Gasteiger partial charge in [0.05, 0.1) is 7.11 Å². The SMILES string of the molecule is COc1ccc(N)c(C(=O)c2cccc(Cl)c2)c1. The van der Waals surface area contributed by atoms with Crippen LogP contribution in [0.3, 0.4) is 0 Å². The lowest BCUT2D eigenvalue weighted by Crippen LogP contribution is -2.05. The summed E-state index contributed by atoms with van der Waals surface area (Å²) in [6.07, 6.45) is 0. The number of nitrogens with two attached hydrogens (primary N) is 1. The Morgan fingerprint density at radius 1 is 1.22 bits per heavy atom. The molecule has 0 heterocycles. The Kier molecular flexibility index (Phi) is 3.53. The number of carbonyl (C=O) groups excluding carboxylic acids is 1. The van der Waals surface area contributed by atoms with Gasteiger partial charge >= 0.3 is 0 Å². The van der Waals surface area contributed by atoms with E-state index in [1.165, 1.54) is 0 Å². The van der Waals surface area contributed by atoms with Crippen molar-refractivity contribution in [2.75, 3.05) is 12.8 Å². The first-order valence-electron chi connectivity index (χ1n) is 5.35. The summed E-state index contributed by atoms with van der Waals surface area (Å²) in [5.74, 6) is 0.420. The lowest BCUT2D eigenvalue weighted by Gasteiger charge is -2.07. The topological polar surface area (TPSA) is 52.3 Å². The third-order valence-electron chi connectivity index (χ3n) is 2.59. The van der Waals surface area contributed by atoms with Crippen molar-refractivity contribution in [3.63, 3.8) is 0 Å². The number of halogens is 1. The molecule has 0 unspecified atom stereocenters. The van der Waals surface area contributed by atoms with Gasteiger partial charge in [0.1, 0.15) is 5.75 Å². The first kappa shape index (κ1) is 12.5. The number of carbonyl (C=O) groups is 1. The van der Waals surface area contributed by atoms with E-state index in [1.807, 2.05) is 0 Å². The number of anilines is 1. The van der Waals surface area contributed by atoms with Crippen LogP contribution < -0.4 is 10.5 Å². The number of nitrogen functional groups attached to an aromatic ring is 1. The van der Waals surface area contributed by atoms with E-state index in [0.29, 0.717) is 27.6 Å². The molecule has 0 aliphatic rings. The van der Waals surface area contributed by atoms with Crippen LogP contribution in [-0.4, -0.2) is 12.9 Å². The van der Waals surface area contributed by atoms with E-state index in [2.05, 4.69) is 0 Å². The molecule has 0 saturated carbocycles. The largest absolute Gasteiger partial charge is 0.497 e. The molecular weight excluding hydrogens is 250 g/mol. The molecule has 0 aliphatic carbocycles. The van der Waals surface area contributed by atoms with Crippen molar-refractivity contribution in [3.8, 4) is 5.75 Å². The van der Waals surface area contributed by atoms with E-state index < -0.39 is 0 Å². The average Bonchev–Trinajstić information content (AvgIpc) is 2.38. The van der Waals surface area contributed by atoms with Crippen LogP contribution in [0.15, 0.2) is 42.5 Å². The molecule has 0 amide bonds. The fourth-order valence-electron chi connectivity index (χ4n) is 1.64. The number of hydrogen-bond donors (Lipinski definition) is 1. The molecule has 18 heavy (non-hydrogen) atoms. The highest BCUT2D eigenvalue weighted by atomic mass is 35.5. The summed E-state index contributed by atoms with van der Waals surface area (Å²) >= 11 is 5.87. The monoisotopic (exact) mass is 261 g/mol. The number of rotatable bonds is 3. The predicted molar refractivity (Wildman–Crippen MR) is 72.3 cm³/mol. The lowest BCUT2D eigenvalue weighted by molar-refractivity contribution is 0.103. The third kappa shape index (κ3) is 2.46. The summed E-state index contributed by atoms with van der Waals surface area (Å²) < 4.78 is 5.09. The molecule has 92 valence electrons. The van der Waals surface area contributed by atoms with Gasteiger partial charge in [-0.3, -0.25) is 4.79 Å². The summed E-state index contributed by atoms with van der Waals surface area (Å²) in [5.41, 5.74) is 7.14. The Labute approximate surface area is 110 Å². The minimum atomic E-state index is -0.172. The van der Waals surface area contributed by atoms with Crippen molar-refractivity contribution in [2.24, 2.45) is 0 Å². The molecule has 0 atom stereocenters. The molecule has 0 saturated heterocycles. The summed E-state index contributed by atoms with van der Waals surface area (Å²) in [7, 11) is 1.54. The maximum atomic E-state index is 12.3. The Hall–Kier alpha value is -2.00. The normalized spacial score (nSPS) is 10.1. The van der Waals surface area contributed by atoms with Crippen LogP contribution in [0.25, 0.3) is 0 Å². The number of hydrogen-bond acceptors (Lipinski definition) is 3. The Balaban J connectivity index is 2.45. The molecule has 0 radical (unpaired) electrons. The Bertz CT molecular complexity index is 596. The second-order valence-electron chi connectivity index (χ2n) is 3.79. The second-order valence-corrected chi connectivity index (χ2v) is 4.23. The van der Waals surface area contributed by atoms with Gasteiger partial charge in [-0.2, -0.15) is 0 Å². The van der Waals surface area contributed by atoms with Crippen LogP contribution in [0, 0.1) is 0 Å². The van der Waals surface area contributed by atoms with E-state index in [0.717, 1.165) is 0 Å². The van der Waals surface area contributed by atoms with Gasteiger partial charge in [0, 0.05) is 21.8 Å². The first-order chi connectivity index (χ1) is 8.61. The van der Waals surface area contributed by atoms with Crippen LogP contribution in [0.1, 0.15) is 15.9 Å². The van der Waals surface area contributed by atoms with Crippen molar-refractivity contribution in [2.45, 2.75) is 0 Å². The van der Waals surface area contributed by atoms with Crippen molar-refractivity contribution in [1.82, 2.24) is 0 Å². The number of methoxy groups -OCH3 is 1. The van der Waals surface area contributed by atoms with Gasteiger partial charge in [0.15, 0.2) is 5.78 Å². The molecule has 0 aliphatic heterocycles. The summed E-state index contributed by atoms with van der Waals surface area (Å²) in [4.78, 5) is 12.3. The molecule has 2 aromatic rings. The Morgan fingerprint density at radius 3 is 2.67 bits per heavy atom. The van der Waals surface area contributed by atoms with Crippen molar-refractivity contribution < 1.29 is 9.53 Å². The van der Waals surface area contributed by atoms with E-state index >= 15 is 0 Å². The fourth-order valence-corrected chi connectivity index (χ4v) is 1.83. The summed E-state index contributed by atoms with van der Waals surface area (Å²) in [6, 6.07) is 11.7. The van der Waals surface area contributed by atoms with Gasteiger partial charge in [0.25, 0.3) is 0 Å². The highest BCUT2D eigenvalue weighted by Crippen LogP contribution is 2.23. The van der Waals surface area contributed by atoms with E-state index in [9.17, 15) is 4.79 Å². The van der Waals surface area contributed by atoms with E-state index in [1.54, 1.807) is 49.6 Å². The molecule has 0 bridgehead atoms. The molecule has 3 nitrogen and oxygen atoms in total. The van der Waals surface area contributed by atoms with Crippen LogP contribution in [0.4, 0.5) is 5.69 Å². The molecular formula is C14H12ClNO2. The maximum Gasteiger partial charge on any atom is 0.195 e. The van der Waals surface area contributed by atoms with Crippen LogP contribution in [0.5, 0.6) is 5.75 Å². The summed E-state index contributed by atoms with van der Waals surface area (Å²) in [6.45, 7) is 0. The third-order valence-corrected chi connectivity index (χ3v) is 2.83. The minimum Gasteiger partial charge on any atom is -0.497 e. The molecule has 0 aromatic heterocycles. The highest BCUT2D eigenvalue weighted by molar-refractivity contribution is 6.31. The van der Waals surface area contributed by atoms with E-state index in [4.69, 9.17) is 22.1 Å². The quantitative estimate of drug-likeness (QED) is 0.682. The second kappa shape index (κ2) is 5.10. The van der Waals surface area contributed by atoms with Gasteiger partial charge < -0.3 is 10.5 Å². The van der Waals surface area contributed by atoms with Gasteiger partial charge in [0.2, 0.25) is 0 Å². The Morgan fingerprint density at radius 2 is 2.00 bits per heavy atom. The zero-order valence-electron chi connectivity index (χ0n) is 9.81. The van der Waals surface area contributed by atoms with Gasteiger partial charge in [-0.05, 0) is 30.3 Å². The highest BCUT2D eigenvalue weighted by Gasteiger charge is 2.13. The predicted octanol–water partition coefficient (Wildman–Crippen LogP) is 3.16. The van der Waals surface area contributed by atoms with Crippen LogP contribution in [-0.2, 0) is 0 Å². The standard InChI is InChI=1S/C14H12ClNO2/c1-18-11-5-6-13(16)12(8-11)14(17)9-3-2-4-10(15)7-9/h2-8H,16H2,1H3. The van der Waals surface area contributed by atoms with E-state index in [-0.39, 0.29) is 5.78 Å². The zero-order valence-corrected chi connectivity index (χ0v) is 10.6. The maximum absolute atomic E-state index is 12.3. The minimum absolute atomic E-state index is 0.172. The molecule has 0 spiro atoms. The number of ether oxygens (including phenoxy) is 1. The number of ketones is 1. The molecule has 2 N–H and O–H groups in total. The van der Waals surface area contributed by atoms with Crippen LogP contribution >= 0.6 is 11.6 Å². The molecule has 4 heteroatoms. The summed E-state index contributed by atoms with van der Waals surface area (Å²) in [5, 5.41) is 0.516. The van der Waals surface area contributed by atoms with Crippen molar-refractivity contribution >= 4 is 23.1 Å². The lowest BCUT2D eigenvalue weighted by atomic mass is 10.0. The fraction of sp³-hybridized carbons (Fsp3) is 0.0714. The van der Waals surface area contributed by atoms with Gasteiger partial charge in [-0.25, -0.2) is 0 Å². The average molecular weight is 262 g/mol. The first-order valence-corrected chi connectivity index (χ1v) is 5.73. The number of benzene rings is 2. The molecule has 2 rings (SSSR count). The molecule has 2 aromatic carbocycles. The van der Waals surface area contributed by atoms with Crippen molar-refractivity contribution in [3.05, 3.63) is 58.6 Å². The van der Waals surface area contributed by atoms with Crippen molar-refractivity contribution in [1.29, 1.82) is 0 Å².